The molecule has 0 radical (unpaired) electrons. The van der Waals surface area contributed by atoms with Crippen molar-refractivity contribution >= 4 is 17.2 Å². The molecule has 6 heteroatoms. The molecule has 124 valence electrons. The van der Waals surface area contributed by atoms with Gasteiger partial charge in [-0.05, 0) is 30.9 Å². The van der Waals surface area contributed by atoms with Crippen LogP contribution < -0.4 is 5.32 Å². The Labute approximate surface area is 144 Å². The maximum absolute atomic E-state index is 12.3. The zero-order valence-electron chi connectivity index (χ0n) is 13.4. The van der Waals surface area contributed by atoms with Gasteiger partial charge in [-0.15, -0.1) is 11.3 Å². The number of thiophene rings is 1. The van der Waals surface area contributed by atoms with Crippen LogP contribution in [0.5, 0.6) is 0 Å². The summed E-state index contributed by atoms with van der Waals surface area (Å²) >= 11 is 1.50. The standard InChI is InChI=1S/C18H18N2O3S/c1-11-5-7-13(8-6-11)14(21)10-19-17(22)16-12(2)23-18(20-16)15-4-3-9-24-15/h3-9,14,21H,10H2,1-2H3,(H,19,22)/t14-/m0/s1. The molecule has 0 saturated heterocycles. The smallest absolute Gasteiger partial charge is 0.273 e. The van der Waals surface area contributed by atoms with E-state index in [1.807, 2.05) is 48.7 Å². The third kappa shape index (κ3) is 3.55. The largest absolute Gasteiger partial charge is 0.440 e. The SMILES string of the molecule is Cc1ccc([C@@H](O)CNC(=O)c2nc(-c3cccs3)oc2C)cc1. The van der Waals surface area contributed by atoms with Gasteiger partial charge in [-0.25, -0.2) is 4.98 Å². The minimum atomic E-state index is -0.765. The average Bonchev–Trinajstić information content (AvgIpc) is 3.22. The summed E-state index contributed by atoms with van der Waals surface area (Å²) in [7, 11) is 0. The number of rotatable bonds is 5. The van der Waals surface area contributed by atoms with Crippen molar-refractivity contribution in [1.29, 1.82) is 0 Å². The zero-order valence-corrected chi connectivity index (χ0v) is 14.3. The van der Waals surface area contributed by atoms with E-state index in [1.54, 1.807) is 6.92 Å². The number of aromatic nitrogens is 1. The molecule has 2 N–H and O–H groups in total. The van der Waals surface area contributed by atoms with E-state index in [1.165, 1.54) is 11.3 Å². The molecule has 2 aromatic heterocycles. The number of carbonyl (C=O) groups excluding carboxylic acids is 1. The monoisotopic (exact) mass is 342 g/mol. The van der Waals surface area contributed by atoms with Crippen molar-refractivity contribution in [3.8, 4) is 10.8 Å². The van der Waals surface area contributed by atoms with E-state index >= 15 is 0 Å². The van der Waals surface area contributed by atoms with E-state index in [-0.39, 0.29) is 18.1 Å². The molecule has 0 fully saturated rings. The first-order chi connectivity index (χ1) is 11.5. The van der Waals surface area contributed by atoms with Crippen molar-refractivity contribution in [2.75, 3.05) is 6.54 Å². The number of aryl methyl sites for hydroxylation is 2. The number of aliphatic hydroxyl groups excluding tert-OH is 1. The van der Waals surface area contributed by atoms with Gasteiger partial charge in [0.2, 0.25) is 5.89 Å². The van der Waals surface area contributed by atoms with Crippen LogP contribution in [0, 0.1) is 13.8 Å². The highest BCUT2D eigenvalue weighted by Crippen LogP contribution is 2.25. The number of nitrogens with one attached hydrogen (secondary N) is 1. The number of carbonyl (C=O) groups is 1. The number of aliphatic hydroxyl groups is 1. The fourth-order valence-corrected chi connectivity index (χ4v) is 2.94. The second kappa shape index (κ2) is 6.98. The average molecular weight is 342 g/mol. The Balaban J connectivity index is 1.66. The first-order valence-electron chi connectivity index (χ1n) is 7.58. The molecule has 0 bridgehead atoms. The summed E-state index contributed by atoms with van der Waals surface area (Å²) in [4.78, 5) is 17.4. The predicted octanol–water partition coefficient (Wildman–Crippen LogP) is 3.48. The molecule has 0 saturated carbocycles. The number of amides is 1. The molecule has 1 amide bonds. The highest BCUT2D eigenvalue weighted by atomic mass is 32.1. The van der Waals surface area contributed by atoms with Crippen LogP contribution in [0.15, 0.2) is 46.2 Å². The number of hydrogen-bond donors (Lipinski definition) is 2. The molecule has 0 aliphatic carbocycles. The number of benzene rings is 1. The van der Waals surface area contributed by atoms with Gasteiger partial charge in [0.15, 0.2) is 5.69 Å². The highest BCUT2D eigenvalue weighted by Gasteiger charge is 2.19. The lowest BCUT2D eigenvalue weighted by Gasteiger charge is -2.12. The molecule has 2 heterocycles. The first kappa shape index (κ1) is 16.4. The van der Waals surface area contributed by atoms with Crippen LogP contribution in [0.2, 0.25) is 0 Å². The summed E-state index contributed by atoms with van der Waals surface area (Å²) in [6.45, 7) is 3.80. The van der Waals surface area contributed by atoms with Gasteiger partial charge in [-0.1, -0.05) is 35.9 Å². The molecule has 3 rings (SSSR count). The summed E-state index contributed by atoms with van der Waals surface area (Å²) in [5.41, 5.74) is 2.13. The summed E-state index contributed by atoms with van der Waals surface area (Å²) < 4.78 is 5.56. The van der Waals surface area contributed by atoms with E-state index in [0.29, 0.717) is 11.7 Å². The molecule has 1 atom stereocenters. The van der Waals surface area contributed by atoms with Gasteiger partial charge in [0, 0.05) is 6.54 Å². The van der Waals surface area contributed by atoms with Crippen molar-refractivity contribution in [3.63, 3.8) is 0 Å². The lowest BCUT2D eigenvalue weighted by Crippen LogP contribution is -2.29. The Morgan fingerprint density at radius 1 is 1.29 bits per heavy atom. The van der Waals surface area contributed by atoms with Gasteiger partial charge >= 0.3 is 0 Å². The molecule has 3 aromatic rings. The van der Waals surface area contributed by atoms with Crippen LogP contribution in [-0.2, 0) is 0 Å². The summed E-state index contributed by atoms with van der Waals surface area (Å²) in [6.07, 6.45) is -0.765. The van der Waals surface area contributed by atoms with Crippen LogP contribution in [0.4, 0.5) is 0 Å². The molecule has 5 nitrogen and oxygen atoms in total. The van der Waals surface area contributed by atoms with E-state index in [0.717, 1.165) is 16.0 Å². The van der Waals surface area contributed by atoms with Crippen LogP contribution in [0.3, 0.4) is 0 Å². The Hall–Kier alpha value is -2.44. The van der Waals surface area contributed by atoms with Crippen molar-refractivity contribution in [2.24, 2.45) is 0 Å². The van der Waals surface area contributed by atoms with Gasteiger partial charge in [-0.2, -0.15) is 0 Å². The normalized spacial score (nSPS) is 12.1. The Kier molecular flexibility index (Phi) is 4.78. The van der Waals surface area contributed by atoms with Crippen molar-refractivity contribution in [2.45, 2.75) is 20.0 Å². The lowest BCUT2D eigenvalue weighted by atomic mass is 10.1. The molecule has 1 aromatic carbocycles. The molecule has 0 spiro atoms. The molecule has 0 aliphatic rings. The fraction of sp³-hybridized carbons (Fsp3) is 0.222. The van der Waals surface area contributed by atoms with Gasteiger partial charge in [-0.3, -0.25) is 4.79 Å². The maximum Gasteiger partial charge on any atom is 0.273 e. The van der Waals surface area contributed by atoms with E-state index in [4.69, 9.17) is 4.42 Å². The van der Waals surface area contributed by atoms with Gasteiger partial charge in [0.1, 0.15) is 5.76 Å². The fourth-order valence-electron chi connectivity index (χ4n) is 2.29. The number of nitrogens with zero attached hydrogens (tertiary/aromatic N) is 1. The lowest BCUT2D eigenvalue weighted by molar-refractivity contribution is 0.0910. The van der Waals surface area contributed by atoms with Crippen LogP contribution in [0.25, 0.3) is 10.8 Å². The quantitative estimate of drug-likeness (QED) is 0.744. The molecule has 0 unspecified atom stereocenters. The summed E-state index contributed by atoms with van der Waals surface area (Å²) in [5, 5.41) is 14.8. The van der Waals surface area contributed by atoms with Crippen LogP contribution >= 0.6 is 11.3 Å². The first-order valence-corrected chi connectivity index (χ1v) is 8.46. The molecule has 0 aliphatic heterocycles. The molecule has 24 heavy (non-hydrogen) atoms. The third-order valence-electron chi connectivity index (χ3n) is 3.66. The highest BCUT2D eigenvalue weighted by molar-refractivity contribution is 7.13. The Morgan fingerprint density at radius 3 is 2.71 bits per heavy atom. The third-order valence-corrected chi connectivity index (χ3v) is 4.52. The van der Waals surface area contributed by atoms with Gasteiger partial charge in [0.05, 0.1) is 11.0 Å². The minimum absolute atomic E-state index is 0.114. The van der Waals surface area contributed by atoms with Gasteiger partial charge in [0.25, 0.3) is 5.91 Å². The maximum atomic E-state index is 12.3. The van der Waals surface area contributed by atoms with Gasteiger partial charge < -0.3 is 14.8 Å². The Bertz CT molecular complexity index is 823. The minimum Gasteiger partial charge on any atom is -0.440 e. The van der Waals surface area contributed by atoms with Crippen LogP contribution in [0.1, 0.15) is 33.5 Å². The second-order valence-electron chi connectivity index (χ2n) is 5.54. The van der Waals surface area contributed by atoms with E-state index in [9.17, 15) is 9.90 Å². The topological polar surface area (TPSA) is 75.4 Å². The van der Waals surface area contributed by atoms with Crippen LogP contribution in [-0.4, -0.2) is 22.5 Å². The van der Waals surface area contributed by atoms with E-state index < -0.39 is 6.10 Å². The molecular formula is C18H18N2O3S. The van der Waals surface area contributed by atoms with Crippen molar-refractivity contribution in [1.82, 2.24) is 10.3 Å². The zero-order chi connectivity index (χ0) is 17.1. The summed E-state index contributed by atoms with van der Waals surface area (Å²) in [6, 6.07) is 11.3. The van der Waals surface area contributed by atoms with Crippen molar-refractivity contribution in [3.05, 3.63) is 64.4 Å². The molecular weight excluding hydrogens is 324 g/mol. The Morgan fingerprint density at radius 2 is 2.04 bits per heavy atom. The number of hydrogen-bond acceptors (Lipinski definition) is 5. The number of oxazole rings is 1. The van der Waals surface area contributed by atoms with E-state index in [2.05, 4.69) is 10.3 Å². The summed E-state index contributed by atoms with van der Waals surface area (Å²) in [5.74, 6) is 0.540. The second-order valence-corrected chi connectivity index (χ2v) is 6.49. The predicted molar refractivity (Wildman–Crippen MR) is 93.0 cm³/mol. The van der Waals surface area contributed by atoms with Crippen molar-refractivity contribution < 1.29 is 14.3 Å².